The van der Waals surface area contributed by atoms with Crippen molar-refractivity contribution in [2.45, 2.75) is 25.5 Å². The van der Waals surface area contributed by atoms with Crippen LogP contribution in [0.4, 0.5) is 5.69 Å². The highest BCUT2D eigenvalue weighted by atomic mass is 79.9. The number of H-pyrrole nitrogens is 1. The van der Waals surface area contributed by atoms with E-state index in [2.05, 4.69) is 64.2 Å². The summed E-state index contributed by atoms with van der Waals surface area (Å²) in [6.07, 6.45) is 8.03. The lowest BCUT2D eigenvalue weighted by Crippen LogP contribution is -2.46. The molecule has 0 atom stereocenters. The summed E-state index contributed by atoms with van der Waals surface area (Å²) in [6.45, 7) is 6.81. The lowest BCUT2D eigenvalue weighted by molar-refractivity contribution is 0.162. The minimum Gasteiger partial charge on any atom is -0.490 e. The van der Waals surface area contributed by atoms with Crippen molar-refractivity contribution in [3.8, 4) is 17.1 Å². The monoisotopic (exact) mass is 547 g/mol. The fourth-order valence-electron chi connectivity index (χ4n) is 5.03. The van der Waals surface area contributed by atoms with E-state index in [-0.39, 0.29) is 6.10 Å². The quantitative estimate of drug-likeness (QED) is 0.373. The topological polar surface area (TPSA) is 82.2 Å². The molecule has 0 bridgehead atoms. The Hall–Kier alpha value is -3.01. The number of aromatic nitrogens is 4. The van der Waals surface area contributed by atoms with Crippen molar-refractivity contribution >= 4 is 32.8 Å². The third-order valence-electron chi connectivity index (χ3n) is 6.98. The Morgan fingerprint density at radius 2 is 1.81 bits per heavy atom. The van der Waals surface area contributed by atoms with Crippen molar-refractivity contribution in [1.82, 2.24) is 30.2 Å². The number of nitrogens with one attached hydrogen (secondary N) is 2. The zero-order chi connectivity index (χ0) is 24.3. The highest BCUT2D eigenvalue weighted by Gasteiger charge is 2.23. The molecule has 0 amide bonds. The molecule has 4 aromatic rings. The van der Waals surface area contributed by atoms with Crippen LogP contribution in [0, 0.1) is 0 Å². The van der Waals surface area contributed by atoms with Crippen LogP contribution in [0.5, 0.6) is 5.75 Å². The summed E-state index contributed by atoms with van der Waals surface area (Å²) < 4.78 is 7.13. The predicted molar refractivity (Wildman–Crippen MR) is 145 cm³/mol. The van der Waals surface area contributed by atoms with E-state index < -0.39 is 0 Å². The number of ether oxygens (including phenoxy) is 1. The van der Waals surface area contributed by atoms with Gasteiger partial charge in [-0.1, -0.05) is 6.07 Å². The van der Waals surface area contributed by atoms with Gasteiger partial charge in [0.05, 0.1) is 10.2 Å². The van der Waals surface area contributed by atoms with Crippen molar-refractivity contribution < 1.29 is 4.74 Å². The number of hydrogen-bond acceptors (Lipinski definition) is 7. The number of pyridine rings is 2. The number of piperidine rings is 1. The van der Waals surface area contributed by atoms with Gasteiger partial charge in [-0.25, -0.2) is 9.97 Å². The number of fused-ring (bicyclic) bond motifs is 1. The number of nitrogens with zero attached hydrogens (tertiary/aromatic N) is 5. The molecule has 9 heteroatoms. The van der Waals surface area contributed by atoms with Crippen LogP contribution < -0.4 is 15.0 Å². The van der Waals surface area contributed by atoms with Crippen molar-refractivity contribution in [1.29, 1.82) is 0 Å². The van der Waals surface area contributed by atoms with Crippen LogP contribution in [0.2, 0.25) is 0 Å². The summed E-state index contributed by atoms with van der Waals surface area (Å²) in [7, 11) is 0. The molecule has 1 aromatic carbocycles. The number of anilines is 1. The maximum atomic E-state index is 6.16. The van der Waals surface area contributed by atoms with Gasteiger partial charge in [-0.05, 0) is 77.8 Å². The molecule has 2 saturated heterocycles. The third-order valence-corrected chi connectivity index (χ3v) is 7.56. The first-order valence-electron chi connectivity index (χ1n) is 12.6. The molecule has 3 aromatic heterocycles. The largest absolute Gasteiger partial charge is 0.490 e. The molecule has 6 rings (SSSR count). The number of rotatable bonds is 6. The molecule has 8 nitrogen and oxygen atoms in total. The van der Waals surface area contributed by atoms with Crippen LogP contribution in [-0.2, 0) is 6.54 Å². The average Bonchev–Trinajstić information content (AvgIpc) is 3.35. The summed E-state index contributed by atoms with van der Waals surface area (Å²) in [5.41, 5.74) is 5.08. The smallest absolute Gasteiger partial charge is 0.159 e. The van der Waals surface area contributed by atoms with Gasteiger partial charge in [0.2, 0.25) is 0 Å². The van der Waals surface area contributed by atoms with Gasteiger partial charge in [-0.3, -0.25) is 9.88 Å². The second kappa shape index (κ2) is 10.5. The number of imidazole rings is 1. The van der Waals surface area contributed by atoms with E-state index in [0.717, 1.165) is 97.1 Å². The molecule has 2 N–H and O–H groups in total. The Balaban J connectivity index is 1.18. The Morgan fingerprint density at radius 3 is 2.56 bits per heavy atom. The van der Waals surface area contributed by atoms with E-state index in [1.165, 1.54) is 5.56 Å². The number of halogens is 1. The van der Waals surface area contributed by atoms with E-state index in [4.69, 9.17) is 9.72 Å². The molecule has 186 valence electrons. The predicted octanol–water partition coefficient (Wildman–Crippen LogP) is 4.24. The number of aromatic amines is 1. The highest BCUT2D eigenvalue weighted by molar-refractivity contribution is 9.10. The number of piperazine rings is 1. The molecule has 2 aliphatic rings. The molecule has 5 heterocycles. The van der Waals surface area contributed by atoms with Crippen molar-refractivity contribution in [3.63, 3.8) is 0 Å². The van der Waals surface area contributed by atoms with E-state index in [1.54, 1.807) is 0 Å². The van der Waals surface area contributed by atoms with Crippen LogP contribution in [-0.4, -0.2) is 70.2 Å². The van der Waals surface area contributed by atoms with Crippen LogP contribution in [0.3, 0.4) is 0 Å². The standard InChI is InChI=1S/C27H30BrN7O/c28-23-17-31-27-24(25(23)35-14-12-34(13-15-35)18-19-2-1-9-30-16-19)32-26(33-27)20-3-5-21(6-4-20)36-22-7-10-29-11-8-22/h1-6,9,16-17,22,29H,7-8,10-15,18H2,(H,31,32,33). The maximum Gasteiger partial charge on any atom is 0.159 e. The van der Waals surface area contributed by atoms with Gasteiger partial charge in [0, 0.05) is 56.9 Å². The lowest BCUT2D eigenvalue weighted by Gasteiger charge is -2.36. The van der Waals surface area contributed by atoms with Gasteiger partial charge in [0.25, 0.3) is 0 Å². The summed E-state index contributed by atoms with van der Waals surface area (Å²) in [5, 5.41) is 3.38. The summed E-state index contributed by atoms with van der Waals surface area (Å²) in [4.78, 5) is 22.2. The molecule has 0 radical (unpaired) electrons. The fourth-order valence-corrected chi connectivity index (χ4v) is 5.57. The minimum absolute atomic E-state index is 0.289. The molecule has 36 heavy (non-hydrogen) atoms. The minimum atomic E-state index is 0.289. The Bertz CT molecular complexity index is 1300. The average molecular weight is 548 g/mol. The summed E-state index contributed by atoms with van der Waals surface area (Å²) in [6, 6.07) is 12.4. The van der Waals surface area contributed by atoms with E-state index in [1.807, 2.05) is 36.8 Å². The first-order valence-corrected chi connectivity index (χ1v) is 13.4. The summed E-state index contributed by atoms with van der Waals surface area (Å²) >= 11 is 3.74. The van der Waals surface area contributed by atoms with Crippen molar-refractivity contribution in [3.05, 3.63) is 65.0 Å². The van der Waals surface area contributed by atoms with Gasteiger partial charge >= 0.3 is 0 Å². The molecular weight excluding hydrogens is 518 g/mol. The molecule has 0 spiro atoms. The first kappa shape index (κ1) is 23.4. The number of hydrogen-bond donors (Lipinski definition) is 2. The first-order chi connectivity index (χ1) is 17.7. The van der Waals surface area contributed by atoms with Gasteiger partial charge in [0.15, 0.2) is 5.65 Å². The van der Waals surface area contributed by atoms with E-state index in [9.17, 15) is 0 Å². The Kier molecular flexibility index (Phi) is 6.85. The lowest BCUT2D eigenvalue weighted by atomic mass is 10.1. The highest BCUT2D eigenvalue weighted by Crippen LogP contribution is 2.34. The Morgan fingerprint density at radius 1 is 1.00 bits per heavy atom. The van der Waals surface area contributed by atoms with Gasteiger partial charge < -0.3 is 19.9 Å². The zero-order valence-corrected chi connectivity index (χ0v) is 21.7. The van der Waals surface area contributed by atoms with Crippen LogP contribution in [0.25, 0.3) is 22.6 Å². The fraction of sp³-hybridized carbons (Fsp3) is 0.370. The Labute approximate surface area is 219 Å². The van der Waals surface area contributed by atoms with Crippen molar-refractivity contribution in [2.75, 3.05) is 44.2 Å². The van der Waals surface area contributed by atoms with E-state index >= 15 is 0 Å². The second-order valence-corrected chi connectivity index (χ2v) is 10.3. The van der Waals surface area contributed by atoms with Crippen LogP contribution in [0.15, 0.2) is 59.5 Å². The molecule has 2 aliphatic heterocycles. The molecular formula is C27H30BrN7O. The van der Waals surface area contributed by atoms with Gasteiger partial charge in [-0.15, -0.1) is 0 Å². The second-order valence-electron chi connectivity index (χ2n) is 9.45. The summed E-state index contributed by atoms with van der Waals surface area (Å²) in [5.74, 6) is 1.73. The van der Waals surface area contributed by atoms with Gasteiger partial charge in [0.1, 0.15) is 23.2 Å². The van der Waals surface area contributed by atoms with E-state index in [0.29, 0.717) is 0 Å². The van der Waals surface area contributed by atoms with Crippen LogP contribution in [0.1, 0.15) is 18.4 Å². The normalized spacial score (nSPS) is 17.5. The SMILES string of the molecule is Brc1cnc2[nH]c(-c3ccc(OC4CCNCC4)cc3)nc2c1N1CCN(Cc2cccnc2)CC1. The maximum absolute atomic E-state index is 6.16. The van der Waals surface area contributed by atoms with Crippen LogP contribution >= 0.6 is 15.9 Å². The zero-order valence-electron chi connectivity index (χ0n) is 20.2. The number of benzene rings is 1. The van der Waals surface area contributed by atoms with Gasteiger partial charge in [-0.2, -0.15) is 0 Å². The molecule has 0 saturated carbocycles. The molecule has 0 unspecified atom stereocenters. The molecule has 0 aliphatic carbocycles. The third kappa shape index (κ3) is 5.09. The van der Waals surface area contributed by atoms with Crippen molar-refractivity contribution in [2.24, 2.45) is 0 Å². The molecule has 2 fully saturated rings.